The monoisotopic (exact) mass is 352 g/mol. The first-order valence-corrected chi connectivity index (χ1v) is 6.99. The maximum absolute atomic E-state index is 3.46. The van der Waals surface area contributed by atoms with Gasteiger partial charge in [-0.2, -0.15) is 0 Å². The molecule has 2 rings (SSSR count). The lowest BCUT2D eigenvalue weighted by atomic mass is 10.2. The van der Waals surface area contributed by atoms with E-state index in [4.69, 9.17) is 0 Å². The second-order valence-electron chi connectivity index (χ2n) is 4.39. The highest BCUT2D eigenvalue weighted by atomic mass is 127. The van der Waals surface area contributed by atoms with Crippen LogP contribution in [0.4, 0.5) is 11.4 Å². The van der Waals surface area contributed by atoms with Gasteiger partial charge >= 0.3 is 0 Å². The Morgan fingerprint density at radius 1 is 1.00 bits per heavy atom. The molecule has 0 bridgehead atoms. The Labute approximate surface area is 122 Å². The van der Waals surface area contributed by atoms with E-state index in [2.05, 4.69) is 95.4 Å². The van der Waals surface area contributed by atoms with Gasteiger partial charge in [-0.3, -0.25) is 0 Å². The summed E-state index contributed by atoms with van der Waals surface area (Å²) in [5.74, 6) is 0. The molecule has 94 valence electrons. The van der Waals surface area contributed by atoms with Crippen molar-refractivity contribution in [2.45, 2.75) is 6.54 Å². The van der Waals surface area contributed by atoms with E-state index in [9.17, 15) is 0 Å². The Hall–Kier alpha value is -1.23. The first-order chi connectivity index (χ1) is 8.66. The summed E-state index contributed by atoms with van der Waals surface area (Å²) in [7, 11) is 4.11. The molecule has 0 aliphatic carbocycles. The van der Waals surface area contributed by atoms with Gasteiger partial charge in [0.1, 0.15) is 0 Å². The van der Waals surface area contributed by atoms with Crippen molar-refractivity contribution in [3.63, 3.8) is 0 Å². The molecule has 2 nitrogen and oxygen atoms in total. The van der Waals surface area contributed by atoms with E-state index >= 15 is 0 Å². The van der Waals surface area contributed by atoms with E-state index in [1.54, 1.807) is 0 Å². The van der Waals surface area contributed by atoms with Gasteiger partial charge in [-0.05, 0) is 52.4 Å². The number of benzene rings is 2. The molecular formula is C15H17IN2. The van der Waals surface area contributed by atoms with E-state index in [1.807, 2.05) is 0 Å². The number of nitrogens with zero attached hydrogens (tertiary/aromatic N) is 1. The molecule has 2 aromatic carbocycles. The van der Waals surface area contributed by atoms with E-state index in [0.717, 1.165) is 6.54 Å². The Morgan fingerprint density at radius 2 is 1.67 bits per heavy atom. The topological polar surface area (TPSA) is 15.3 Å². The zero-order chi connectivity index (χ0) is 13.0. The van der Waals surface area contributed by atoms with Gasteiger partial charge in [0, 0.05) is 35.6 Å². The van der Waals surface area contributed by atoms with Crippen molar-refractivity contribution in [1.82, 2.24) is 0 Å². The number of hydrogen-bond acceptors (Lipinski definition) is 2. The summed E-state index contributed by atoms with van der Waals surface area (Å²) in [5.41, 5.74) is 3.71. The van der Waals surface area contributed by atoms with Crippen molar-refractivity contribution in [3.8, 4) is 0 Å². The highest BCUT2D eigenvalue weighted by Gasteiger charge is 1.99. The first kappa shape index (κ1) is 13.2. The summed E-state index contributed by atoms with van der Waals surface area (Å²) < 4.78 is 1.25. The third kappa shape index (κ3) is 3.38. The fourth-order valence-electron chi connectivity index (χ4n) is 1.71. The molecule has 0 saturated carbocycles. The highest BCUT2D eigenvalue weighted by Crippen LogP contribution is 2.18. The average molecular weight is 352 g/mol. The Kier molecular flexibility index (Phi) is 4.47. The summed E-state index contributed by atoms with van der Waals surface area (Å²) in [6.45, 7) is 0.855. The fourth-order valence-corrected chi connectivity index (χ4v) is 2.29. The van der Waals surface area contributed by atoms with Crippen molar-refractivity contribution in [2.24, 2.45) is 0 Å². The van der Waals surface area contributed by atoms with Gasteiger partial charge in [-0.15, -0.1) is 0 Å². The maximum Gasteiger partial charge on any atom is 0.0478 e. The van der Waals surface area contributed by atoms with Crippen LogP contribution in [0.2, 0.25) is 0 Å². The molecule has 0 atom stereocenters. The SMILES string of the molecule is CN(C)c1ccc(CNc2ccccc2I)cc1. The smallest absolute Gasteiger partial charge is 0.0478 e. The molecule has 0 aliphatic heterocycles. The summed E-state index contributed by atoms with van der Waals surface area (Å²) in [6.07, 6.45) is 0. The first-order valence-electron chi connectivity index (χ1n) is 5.91. The van der Waals surface area contributed by atoms with Crippen LogP contribution in [0.15, 0.2) is 48.5 Å². The summed E-state index contributed by atoms with van der Waals surface area (Å²) in [5, 5.41) is 3.46. The number of para-hydroxylation sites is 1. The molecule has 18 heavy (non-hydrogen) atoms. The van der Waals surface area contributed by atoms with Crippen LogP contribution in [0.1, 0.15) is 5.56 Å². The molecule has 0 aliphatic rings. The third-order valence-electron chi connectivity index (χ3n) is 2.81. The van der Waals surface area contributed by atoms with Crippen LogP contribution in [0.25, 0.3) is 0 Å². The molecule has 0 fully saturated rings. The molecule has 0 aromatic heterocycles. The number of halogens is 1. The van der Waals surface area contributed by atoms with Crippen molar-refractivity contribution in [3.05, 3.63) is 57.7 Å². The van der Waals surface area contributed by atoms with Crippen molar-refractivity contribution >= 4 is 34.0 Å². The Morgan fingerprint density at radius 3 is 2.28 bits per heavy atom. The predicted molar refractivity (Wildman–Crippen MR) is 87.3 cm³/mol. The largest absolute Gasteiger partial charge is 0.380 e. The third-order valence-corrected chi connectivity index (χ3v) is 3.75. The fraction of sp³-hybridized carbons (Fsp3) is 0.200. The molecule has 0 spiro atoms. The van der Waals surface area contributed by atoms with E-state index < -0.39 is 0 Å². The highest BCUT2D eigenvalue weighted by molar-refractivity contribution is 14.1. The minimum Gasteiger partial charge on any atom is -0.380 e. The minimum atomic E-state index is 0.855. The molecule has 1 N–H and O–H groups in total. The molecular weight excluding hydrogens is 335 g/mol. The number of rotatable bonds is 4. The molecule has 0 unspecified atom stereocenters. The molecule has 0 radical (unpaired) electrons. The number of nitrogens with one attached hydrogen (secondary N) is 1. The van der Waals surface area contributed by atoms with Gasteiger partial charge in [0.2, 0.25) is 0 Å². The molecule has 0 heterocycles. The quantitative estimate of drug-likeness (QED) is 0.838. The maximum atomic E-state index is 3.46. The molecule has 0 amide bonds. The van der Waals surface area contributed by atoms with Gasteiger partial charge in [0.15, 0.2) is 0 Å². The second kappa shape index (κ2) is 6.09. The normalized spacial score (nSPS) is 10.2. The van der Waals surface area contributed by atoms with Gasteiger partial charge < -0.3 is 10.2 Å². The second-order valence-corrected chi connectivity index (χ2v) is 5.56. The lowest BCUT2D eigenvalue weighted by Gasteiger charge is -2.13. The molecule has 2 aromatic rings. The summed E-state index contributed by atoms with van der Waals surface area (Å²) in [4.78, 5) is 2.11. The molecule has 3 heteroatoms. The predicted octanol–water partition coefficient (Wildman–Crippen LogP) is 3.97. The van der Waals surface area contributed by atoms with Crippen LogP contribution in [0.3, 0.4) is 0 Å². The van der Waals surface area contributed by atoms with Gasteiger partial charge in [-0.1, -0.05) is 24.3 Å². The van der Waals surface area contributed by atoms with Gasteiger partial charge in [0.25, 0.3) is 0 Å². The van der Waals surface area contributed by atoms with E-state index in [0.29, 0.717) is 0 Å². The van der Waals surface area contributed by atoms with E-state index in [1.165, 1.54) is 20.5 Å². The van der Waals surface area contributed by atoms with Crippen LogP contribution in [0.5, 0.6) is 0 Å². The standard InChI is InChI=1S/C15H17IN2/c1-18(2)13-9-7-12(8-10-13)11-17-15-6-4-3-5-14(15)16/h3-10,17H,11H2,1-2H3. The lowest BCUT2D eigenvalue weighted by molar-refractivity contribution is 1.11. The van der Waals surface area contributed by atoms with Gasteiger partial charge in [-0.25, -0.2) is 0 Å². The number of hydrogen-bond donors (Lipinski definition) is 1. The van der Waals surface area contributed by atoms with Crippen LogP contribution in [-0.2, 0) is 6.54 Å². The average Bonchev–Trinajstić information content (AvgIpc) is 2.38. The van der Waals surface area contributed by atoms with Crippen LogP contribution in [-0.4, -0.2) is 14.1 Å². The van der Waals surface area contributed by atoms with Crippen molar-refractivity contribution in [2.75, 3.05) is 24.3 Å². The zero-order valence-electron chi connectivity index (χ0n) is 10.7. The number of anilines is 2. The van der Waals surface area contributed by atoms with Crippen LogP contribution in [0, 0.1) is 3.57 Å². The lowest BCUT2D eigenvalue weighted by Crippen LogP contribution is -2.08. The van der Waals surface area contributed by atoms with E-state index in [-0.39, 0.29) is 0 Å². The van der Waals surface area contributed by atoms with Crippen molar-refractivity contribution < 1.29 is 0 Å². The molecule has 0 saturated heterocycles. The minimum absolute atomic E-state index is 0.855. The van der Waals surface area contributed by atoms with Crippen LogP contribution < -0.4 is 10.2 Å². The van der Waals surface area contributed by atoms with Crippen molar-refractivity contribution in [1.29, 1.82) is 0 Å². The van der Waals surface area contributed by atoms with Gasteiger partial charge in [0.05, 0.1) is 0 Å². The zero-order valence-corrected chi connectivity index (χ0v) is 12.8. The summed E-state index contributed by atoms with van der Waals surface area (Å²) >= 11 is 2.35. The Balaban J connectivity index is 2.00. The van der Waals surface area contributed by atoms with Crippen LogP contribution >= 0.6 is 22.6 Å². The summed E-state index contributed by atoms with van der Waals surface area (Å²) in [6, 6.07) is 16.9. The Bertz CT molecular complexity index is 506.